The third-order valence-corrected chi connectivity index (χ3v) is 4.98. The first-order valence-electron chi connectivity index (χ1n) is 10.2. The van der Waals surface area contributed by atoms with Gasteiger partial charge in [0.05, 0.1) is 25.9 Å². The monoisotopic (exact) mass is 410 g/mol. The normalized spacial score (nSPS) is 26.0. The van der Waals surface area contributed by atoms with E-state index in [1.54, 1.807) is 7.11 Å². The first kappa shape index (κ1) is 22.5. The molecule has 5 nitrogen and oxygen atoms in total. The molecule has 4 unspecified atom stereocenters. The minimum absolute atomic E-state index is 0.0544. The fourth-order valence-electron chi connectivity index (χ4n) is 3.52. The van der Waals surface area contributed by atoms with E-state index >= 15 is 0 Å². The average Bonchev–Trinajstić information content (AvgIpc) is 3.05. The summed E-state index contributed by atoms with van der Waals surface area (Å²) < 4.78 is 30.1. The summed E-state index contributed by atoms with van der Waals surface area (Å²) in [5.41, 5.74) is 0.975. The molecule has 3 rings (SSSR count). The Kier molecular flexibility index (Phi) is 8.03. The Labute approximate surface area is 179 Å². The molecule has 1 saturated heterocycles. The third kappa shape index (κ3) is 5.48. The second kappa shape index (κ2) is 10.7. The van der Waals surface area contributed by atoms with Gasteiger partial charge < -0.3 is 23.7 Å². The number of benzene rings is 2. The van der Waals surface area contributed by atoms with E-state index in [2.05, 4.69) is 5.92 Å². The van der Waals surface area contributed by atoms with Gasteiger partial charge >= 0.3 is 0 Å². The SMILES string of the molecule is C#CC1(COCc2ccccc2)OC(OC(C)C)C(OC)C1OCc1ccccc1. The van der Waals surface area contributed by atoms with E-state index in [0.717, 1.165) is 11.1 Å². The van der Waals surface area contributed by atoms with Gasteiger partial charge in [0.1, 0.15) is 12.2 Å². The highest BCUT2D eigenvalue weighted by Gasteiger charge is 2.57. The summed E-state index contributed by atoms with van der Waals surface area (Å²) in [6, 6.07) is 19.8. The van der Waals surface area contributed by atoms with Crippen molar-refractivity contribution in [1.29, 1.82) is 0 Å². The van der Waals surface area contributed by atoms with Gasteiger partial charge in [0.15, 0.2) is 11.9 Å². The minimum Gasteiger partial charge on any atom is -0.373 e. The van der Waals surface area contributed by atoms with Crippen molar-refractivity contribution in [2.24, 2.45) is 0 Å². The van der Waals surface area contributed by atoms with E-state index in [9.17, 15) is 0 Å². The lowest BCUT2D eigenvalue weighted by molar-refractivity contribution is -0.206. The highest BCUT2D eigenvalue weighted by Crippen LogP contribution is 2.37. The molecule has 0 saturated carbocycles. The van der Waals surface area contributed by atoms with Gasteiger partial charge in [-0.2, -0.15) is 0 Å². The predicted molar refractivity (Wildman–Crippen MR) is 115 cm³/mol. The van der Waals surface area contributed by atoms with Crippen molar-refractivity contribution in [2.75, 3.05) is 13.7 Å². The molecular formula is C25H30O5. The molecule has 1 heterocycles. The zero-order chi connectivity index (χ0) is 21.4. The van der Waals surface area contributed by atoms with Crippen molar-refractivity contribution >= 4 is 0 Å². The fraction of sp³-hybridized carbons (Fsp3) is 0.440. The molecule has 0 N–H and O–H groups in total. The maximum absolute atomic E-state index is 6.26. The average molecular weight is 411 g/mol. The molecule has 160 valence electrons. The molecule has 0 amide bonds. The molecule has 0 aromatic heterocycles. The summed E-state index contributed by atoms with van der Waals surface area (Å²) in [4.78, 5) is 0. The molecule has 0 aliphatic carbocycles. The molecule has 2 aromatic carbocycles. The van der Waals surface area contributed by atoms with Gasteiger partial charge in [0.2, 0.25) is 0 Å². The standard InChI is InChI=1S/C25H30O5/c1-5-25(18-27-16-20-12-8-6-9-13-20)23(28-17-21-14-10-7-11-15-21)22(26-4)24(30-25)29-19(2)3/h1,6-15,19,22-24H,16-18H2,2-4H3. The van der Waals surface area contributed by atoms with Gasteiger partial charge in [0.25, 0.3) is 0 Å². The van der Waals surface area contributed by atoms with Crippen LogP contribution in [0.5, 0.6) is 0 Å². The van der Waals surface area contributed by atoms with E-state index < -0.39 is 24.1 Å². The van der Waals surface area contributed by atoms with Crippen LogP contribution in [0.4, 0.5) is 0 Å². The van der Waals surface area contributed by atoms with Crippen molar-refractivity contribution in [3.05, 3.63) is 71.8 Å². The number of rotatable bonds is 10. The second-order valence-electron chi connectivity index (χ2n) is 7.60. The Morgan fingerprint density at radius 2 is 1.60 bits per heavy atom. The molecule has 4 atom stereocenters. The van der Waals surface area contributed by atoms with Gasteiger partial charge in [-0.1, -0.05) is 66.6 Å². The van der Waals surface area contributed by atoms with Gasteiger partial charge in [-0.25, -0.2) is 0 Å². The van der Waals surface area contributed by atoms with Crippen LogP contribution in [-0.2, 0) is 36.9 Å². The molecule has 0 radical (unpaired) electrons. The summed E-state index contributed by atoms with van der Waals surface area (Å²) >= 11 is 0. The Morgan fingerprint density at radius 3 is 2.13 bits per heavy atom. The van der Waals surface area contributed by atoms with Gasteiger partial charge in [0, 0.05) is 7.11 Å². The molecule has 5 heteroatoms. The molecule has 2 aromatic rings. The Balaban J connectivity index is 1.77. The summed E-state index contributed by atoms with van der Waals surface area (Å²) in [6.45, 7) is 4.85. The zero-order valence-corrected chi connectivity index (χ0v) is 17.8. The smallest absolute Gasteiger partial charge is 0.188 e. The number of terminal acetylenes is 1. The van der Waals surface area contributed by atoms with Gasteiger partial charge in [-0.05, 0) is 25.0 Å². The minimum atomic E-state index is -1.12. The molecule has 0 bridgehead atoms. The van der Waals surface area contributed by atoms with E-state index in [-0.39, 0.29) is 12.7 Å². The van der Waals surface area contributed by atoms with Crippen molar-refractivity contribution in [2.45, 2.75) is 57.3 Å². The summed E-state index contributed by atoms with van der Waals surface area (Å²) in [5, 5.41) is 0. The van der Waals surface area contributed by atoms with Crippen LogP contribution in [0.3, 0.4) is 0 Å². The fourth-order valence-corrected chi connectivity index (χ4v) is 3.52. The van der Waals surface area contributed by atoms with Crippen molar-refractivity contribution in [3.63, 3.8) is 0 Å². The van der Waals surface area contributed by atoms with Crippen LogP contribution in [0.1, 0.15) is 25.0 Å². The topological polar surface area (TPSA) is 46.2 Å². The molecular weight excluding hydrogens is 380 g/mol. The summed E-state index contributed by atoms with van der Waals surface area (Å²) in [6.07, 6.45) is 4.24. The lowest BCUT2D eigenvalue weighted by Gasteiger charge is -2.30. The van der Waals surface area contributed by atoms with Crippen LogP contribution in [0.15, 0.2) is 60.7 Å². The molecule has 0 spiro atoms. The van der Waals surface area contributed by atoms with E-state index in [1.165, 1.54) is 0 Å². The van der Waals surface area contributed by atoms with E-state index in [4.69, 9.17) is 30.1 Å². The lowest BCUT2D eigenvalue weighted by atomic mass is 9.96. The molecule has 1 aliphatic heterocycles. The van der Waals surface area contributed by atoms with E-state index in [0.29, 0.717) is 13.2 Å². The Bertz CT molecular complexity index is 801. The van der Waals surface area contributed by atoms with Crippen molar-refractivity contribution in [3.8, 4) is 12.3 Å². The van der Waals surface area contributed by atoms with Gasteiger partial charge in [-0.15, -0.1) is 6.42 Å². The Hall–Kier alpha value is -2.20. The summed E-state index contributed by atoms with van der Waals surface area (Å²) in [7, 11) is 1.61. The van der Waals surface area contributed by atoms with Crippen LogP contribution in [0.2, 0.25) is 0 Å². The van der Waals surface area contributed by atoms with Crippen LogP contribution in [0, 0.1) is 12.3 Å². The number of hydrogen-bond acceptors (Lipinski definition) is 5. The second-order valence-corrected chi connectivity index (χ2v) is 7.60. The first-order valence-corrected chi connectivity index (χ1v) is 10.2. The zero-order valence-electron chi connectivity index (χ0n) is 17.8. The number of hydrogen-bond donors (Lipinski definition) is 0. The van der Waals surface area contributed by atoms with Crippen LogP contribution in [0.25, 0.3) is 0 Å². The number of ether oxygens (including phenoxy) is 5. The summed E-state index contributed by atoms with van der Waals surface area (Å²) in [5.74, 6) is 2.79. The lowest BCUT2D eigenvalue weighted by Crippen LogP contribution is -2.48. The third-order valence-electron chi connectivity index (χ3n) is 4.98. The first-order chi connectivity index (χ1) is 14.6. The van der Waals surface area contributed by atoms with Crippen LogP contribution >= 0.6 is 0 Å². The number of methoxy groups -OCH3 is 1. The van der Waals surface area contributed by atoms with E-state index in [1.807, 2.05) is 74.5 Å². The quantitative estimate of drug-likeness (QED) is 0.555. The molecule has 1 aliphatic rings. The van der Waals surface area contributed by atoms with Crippen LogP contribution < -0.4 is 0 Å². The Morgan fingerprint density at radius 1 is 1.00 bits per heavy atom. The van der Waals surface area contributed by atoms with Gasteiger partial charge in [-0.3, -0.25) is 0 Å². The molecule has 30 heavy (non-hydrogen) atoms. The van der Waals surface area contributed by atoms with Crippen LogP contribution in [-0.4, -0.2) is 43.9 Å². The van der Waals surface area contributed by atoms with Crippen molar-refractivity contribution in [1.82, 2.24) is 0 Å². The maximum Gasteiger partial charge on any atom is 0.188 e. The highest BCUT2D eigenvalue weighted by atomic mass is 16.7. The highest BCUT2D eigenvalue weighted by molar-refractivity contribution is 5.20. The maximum atomic E-state index is 6.26. The van der Waals surface area contributed by atoms with Crippen molar-refractivity contribution < 1.29 is 23.7 Å². The largest absolute Gasteiger partial charge is 0.373 e. The predicted octanol–water partition coefficient (Wildman–Crippen LogP) is 3.96. The molecule has 1 fully saturated rings.